The molecule has 8 nitrogen and oxygen atoms in total. The molecule has 3 aromatic rings. The fourth-order valence-electron chi connectivity index (χ4n) is 4.57. The van der Waals surface area contributed by atoms with Crippen molar-refractivity contribution in [1.82, 2.24) is 19.8 Å². The summed E-state index contributed by atoms with van der Waals surface area (Å²) in [6.45, 7) is 3.86. The molecule has 3 heterocycles. The van der Waals surface area contributed by atoms with Crippen LogP contribution in [0.25, 0.3) is 0 Å². The van der Waals surface area contributed by atoms with Crippen molar-refractivity contribution in [3.63, 3.8) is 0 Å². The molecule has 180 valence electrons. The number of piperidine rings is 1. The number of nitrogens with one attached hydrogen (secondary N) is 1. The molecule has 0 atom stereocenters. The average Bonchev–Trinajstić information content (AvgIpc) is 2.86. The maximum absolute atomic E-state index is 11.4. The number of rotatable bonds is 10. The molecule has 1 saturated heterocycles. The fraction of sp³-hybridized carbons (Fsp3) is 0.346. The molecule has 1 amide bonds. The van der Waals surface area contributed by atoms with Gasteiger partial charge in [-0.05, 0) is 74.5 Å². The highest BCUT2D eigenvalue weighted by Crippen LogP contribution is 2.27. The predicted octanol–water partition coefficient (Wildman–Crippen LogP) is 2.46. The van der Waals surface area contributed by atoms with Gasteiger partial charge in [0.05, 0.1) is 24.5 Å². The van der Waals surface area contributed by atoms with Gasteiger partial charge in [0.25, 0.3) is 7.41 Å². The summed E-state index contributed by atoms with van der Waals surface area (Å²) < 4.78 is 0. The number of hydrogen-bond donors (Lipinski definition) is 2. The number of aryl methyl sites for hydroxylation is 3. The zero-order valence-corrected chi connectivity index (χ0v) is 20.1. The van der Waals surface area contributed by atoms with Crippen molar-refractivity contribution in [3.05, 3.63) is 76.9 Å². The Bertz CT molecular complexity index is 1160. The smallest absolute Gasteiger partial charge is 0.281 e. The summed E-state index contributed by atoms with van der Waals surface area (Å²) in [6, 6.07) is 12.0. The van der Waals surface area contributed by atoms with Crippen LogP contribution in [0, 0.1) is 6.92 Å². The zero-order chi connectivity index (χ0) is 24.6. The first-order chi connectivity index (χ1) is 17.0. The van der Waals surface area contributed by atoms with Crippen LogP contribution in [0.4, 0.5) is 11.6 Å². The number of pyridine rings is 1. The molecule has 3 N–H and O–H groups in total. The summed E-state index contributed by atoms with van der Waals surface area (Å²) in [5, 5.41) is 3.27. The molecule has 9 heteroatoms. The molecule has 0 aliphatic carbocycles. The third-order valence-corrected chi connectivity index (χ3v) is 6.57. The first-order valence-corrected chi connectivity index (χ1v) is 12.1. The van der Waals surface area contributed by atoms with Crippen LogP contribution in [0.5, 0.6) is 0 Å². The minimum Gasteiger partial charge on any atom is -0.369 e. The Balaban J connectivity index is 1.38. The van der Waals surface area contributed by atoms with Gasteiger partial charge in [-0.15, -0.1) is 0 Å². The van der Waals surface area contributed by atoms with Crippen LogP contribution in [0.15, 0.2) is 48.8 Å². The van der Waals surface area contributed by atoms with Crippen molar-refractivity contribution in [2.24, 2.45) is 5.73 Å². The van der Waals surface area contributed by atoms with Crippen molar-refractivity contribution in [3.8, 4) is 0 Å². The van der Waals surface area contributed by atoms with Gasteiger partial charge in [-0.1, -0.05) is 24.3 Å². The average molecular weight is 470 g/mol. The van der Waals surface area contributed by atoms with Crippen LogP contribution in [-0.2, 0) is 28.9 Å². The van der Waals surface area contributed by atoms with Crippen LogP contribution in [-0.4, -0.2) is 52.4 Å². The van der Waals surface area contributed by atoms with Gasteiger partial charge >= 0.3 is 0 Å². The van der Waals surface area contributed by atoms with Crippen LogP contribution in [0.1, 0.15) is 46.8 Å². The molecule has 0 spiro atoms. The molecule has 1 aliphatic heterocycles. The van der Waals surface area contributed by atoms with Gasteiger partial charge in [-0.2, -0.15) is 0 Å². The topological polar surface area (TPSA) is 114 Å². The van der Waals surface area contributed by atoms with Crippen molar-refractivity contribution < 1.29 is 9.59 Å². The summed E-state index contributed by atoms with van der Waals surface area (Å²) in [5.41, 5.74) is 11.4. The summed E-state index contributed by atoms with van der Waals surface area (Å²) in [4.78, 5) is 38.1. The number of carbonyl (C=O) groups excluding carboxylic acids is 2. The Morgan fingerprint density at radius 2 is 1.89 bits per heavy atom. The standard InChI is InChI=1S/C26H31BN6O2/c1-18-15-30-26(32-23(18)8-6-19-4-2-3-5-21(19)14-25(28)35)31-22-7-9-24(29-16-22)20-10-12-33(13-11-20)27-17-34/h2-5,7,9,15-17,20,27H,6,8,10-14H2,1H3,(H2,28,35)(H,30,31,32). The second-order valence-electron chi connectivity index (χ2n) is 9.07. The van der Waals surface area contributed by atoms with E-state index in [1.807, 2.05) is 49.6 Å². The van der Waals surface area contributed by atoms with E-state index in [1.54, 1.807) is 0 Å². The molecule has 4 rings (SSSR count). The molecule has 0 saturated carbocycles. The van der Waals surface area contributed by atoms with Gasteiger partial charge in [0, 0.05) is 23.5 Å². The van der Waals surface area contributed by atoms with Crippen LogP contribution < -0.4 is 11.1 Å². The maximum Gasteiger partial charge on any atom is 0.281 e. The van der Waals surface area contributed by atoms with Crippen molar-refractivity contribution in [2.45, 2.75) is 44.9 Å². The quantitative estimate of drug-likeness (QED) is 0.346. The van der Waals surface area contributed by atoms with Gasteiger partial charge < -0.3 is 20.7 Å². The Kier molecular flexibility index (Phi) is 8.21. The lowest BCUT2D eigenvalue weighted by molar-refractivity contribution is -0.117. The molecule has 0 radical (unpaired) electrons. The van der Waals surface area contributed by atoms with Crippen molar-refractivity contribution in [2.75, 3.05) is 18.4 Å². The van der Waals surface area contributed by atoms with E-state index < -0.39 is 0 Å². The van der Waals surface area contributed by atoms with Crippen molar-refractivity contribution >= 4 is 31.1 Å². The third-order valence-electron chi connectivity index (χ3n) is 6.57. The van der Waals surface area contributed by atoms with Gasteiger partial charge in [-0.25, -0.2) is 9.97 Å². The lowest BCUT2D eigenvalue weighted by Crippen LogP contribution is -2.36. The largest absolute Gasteiger partial charge is 0.369 e. The number of nitrogens with zero attached hydrogens (tertiary/aromatic N) is 4. The summed E-state index contributed by atoms with van der Waals surface area (Å²) in [7, 11) is 0.515. The van der Waals surface area contributed by atoms with E-state index in [4.69, 9.17) is 10.7 Å². The second-order valence-corrected chi connectivity index (χ2v) is 9.07. The van der Waals surface area contributed by atoms with Gasteiger partial charge in [-0.3, -0.25) is 9.78 Å². The summed E-state index contributed by atoms with van der Waals surface area (Å²) in [5.74, 6) is 0.629. The van der Waals surface area contributed by atoms with Crippen molar-refractivity contribution in [1.29, 1.82) is 0 Å². The van der Waals surface area contributed by atoms with Crippen LogP contribution in [0.3, 0.4) is 0 Å². The van der Waals surface area contributed by atoms with E-state index >= 15 is 0 Å². The molecule has 1 aliphatic rings. The number of benzene rings is 1. The molecule has 0 bridgehead atoms. The highest BCUT2D eigenvalue weighted by molar-refractivity contribution is 6.64. The molecular formula is C26H31BN6O2. The minimum absolute atomic E-state index is 0.243. The number of nitrogens with two attached hydrogens (primary N) is 1. The first-order valence-electron chi connectivity index (χ1n) is 12.1. The Morgan fingerprint density at radius 1 is 1.11 bits per heavy atom. The highest BCUT2D eigenvalue weighted by Gasteiger charge is 2.21. The van der Waals surface area contributed by atoms with Gasteiger partial charge in [0.15, 0.2) is 0 Å². The second kappa shape index (κ2) is 11.7. The Labute approximate surface area is 206 Å². The SMILES string of the molecule is Cc1cnc(Nc2ccc(C3CCN(BC=O)CC3)nc2)nc1CCc1ccccc1CC(N)=O. The number of aromatic nitrogens is 3. The van der Waals surface area contributed by atoms with E-state index in [9.17, 15) is 9.59 Å². The zero-order valence-electron chi connectivity index (χ0n) is 20.1. The van der Waals surface area contributed by atoms with E-state index in [0.29, 0.717) is 19.3 Å². The Morgan fingerprint density at radius 3 is 2.57 bits per heavy atom. The summed E-state index contributed by atoms with van der Waals surface area (Å²) in [6.07, 6.45) is 8.40. The lowest BCUT2D eigenvalue weighted by Gasteiger charge is -2.30. The molecule has 0 unspecified atom stereocenters. The fourth-order valence-corrected chi connectivity index (χ4v) is 4.57. The van der Waals surface area contributed by atoms with Crippen LogP contribution in [0.2, 0.25) is 0 Å². The molecule has 35 heavy (non-hydrogen) atoms. The number of primary amides is 1. The van der Waals surface area contributed by atoms with E-state index in [0.717, 1.165) is 78.7 Å². The number of hydrogen-bond acceptors (Lipinski definition) is 7. The molecular weight excluding hydrogens is 439 g/mol. The first kappa shape index (κ1) is 24.5. The van der Waals surface area contributed by atoms with E-state index in [1.165, 1.54) is 0 Å². The van der Waals surface area contributed by atoms with Gasteiger partial charge in [0.2, 0.25) is 11.9 Å². The highest BCUT2D eigenvalue weighted by atomic mass is 16.1. The minimum atomic E-state index is -0.329. The van der Waals surface area contributed by atoms with Crippen LogP contribution >= 0.6 is 0 Å². The monoisotopic (exact) mass is 470 g/mol. The maximum atomic E-state index is 11.4. The normalized spacial score (nSPS) is 14.4. The van der Waals surface area contributed by atoms with E-state index in [-0.39, 0.29) is 12.3 Å². The number of carbonyl (C=O) groups is 2. The lowest BCUT2D eigenvalue weighted by atomic mass is 9.86. The molecule has 1 fully saturated rings. The van der Waals surface area contributed by atoms with Gasteiger partial charge in [0.1, 0.15) is 0 Å². The third kappa shape index (κ3) is 6.73. The predicted molar refractivity (Wildman–Crippen MR) is 138 cm³/mol. The number of anilines is 2. The van der Waals surface area contributed by atoms with E-state index in [2.05, 4.69) is 26.2 Å². The summed E-state index contributed by atoms with van der Waals surface area (Å²) >= 11 is 0. The molecule has 1 aromatic carbocycles. The number of amides is 1. The molecule has 2 aromatic heterocycles. The Hall–Kier alpha value is -3.59.